The first-order valence-corrected chi connectivity index (χ1v) is 5.88. The number of allylic oxidation sites excluding steroid dienone is 1. The van der Waals surface area contributed by atoms with Crippen LogP contribution in [0.25, 0.3) is 0 Å². The van der Waals surface area contributed by atoms with E-state index in [9.17, 15) is 10.2 Å². The Morgan fingerprint density at radius 2 is 2.07 bits per heavy atom. The summed E-state index contributed by atoms with van der Waals surface area (Å²) in [7, 11) is 0. The molecule has 2 atom stereocenters. The summed E-state index contributed by atoms with van der Waals surface area (Å²) < 4.78 is 0. The fourth-order valence-corrected chi connectivity index (χ4v) is 2.74. The molecule has 0 unspecified atom stereocenters. The van der Waals surface area contributed by atoms with Crippen molar-refractivity contribution in [2.24, 2.45) is 5.41 Å². The fraction of sp³-hybridized carbons (Fsp3) is 0.846. The smallest absolute Gasteiger partial charge is 0.0585 e. The Labute approximate surface area is 93.0 Å². The first kappa shape index (κ1) is 12.7. The van der Waals surface area contributed by atoms with Crippen molar-refractivity contribution in [2.45, 2.75) is 65.6 Å². The van der Waals surface area contributed by atoms with Crippen molar-refractivity contribution < 1.29 is 10.2 Å². The molecule has 0 aromatic rings. The van der Waals surface area contributed by atoms with Crippen LogP contribution < -0.4 is 0 Å². The number of aliphatic hydroxyl groups is 2. The van der Waals surface area contributed by atoms with Crippen LogP contribution >= 0.6 is 0 Å². The highest BCUT2D eigenvalue weighted by Gasteiger charge is 2.32. The average molecular weight is 212 g/mol. The SMILES string of the molecule is CC1=C(CC[C@@H](C)O)C(C)(C)C[C@H](O)C1. The predicted molar refractivity (Wildman–Crippen MR) is 62.6 cm³/mol. The third-order valence-corrected chi connectivity index (χ3v) is 3.43. The molecule has 2 N–H and O–H groups in total. The number of hydrogen-bond donors (Lipinski definition) is 2. The van der Waals surface area contributed by atoms with Gasteiger partial charge in [-0.15, -0.1) is 0 Å². The van der Waals surface area contributed by atoms with E-state index in [1.54, 1.807) is 0 Å². The lowest BCUT2D eigenvalue weighted by Gasteiger charge is -2.37. The van der Waals surface area contributed by atoms with Crippen LogP contribution in [0.4, 0.5) is 0 Å². The van der Waals surface area contributed by atoms with E-state index in [0.717, 1.165) is 25.7 Å². The van der Waals surface area contributed by atoms with Crippen molar-refractivity contribution in [1.82, 2.24) is 0 Å². The molecule has 1 aliphatic carbocycles. The third-order valence-electron chi connectivity index (χ3n) is 3.43. The molecule has 0 bridgehead atoms. The standard InChI is InChI=1S/C13H24O2/c1-9-7-11(15)8-13(3,4)12(9)6-5-10(2)14/h10-11,14-15H,5-8H2,1-4H3/t10-,11-/m1/s1. The lowest BCUT2D eigenvalue weighted by molar-refractivity contribution is 0.110. The Kier molecular flexibility index (Phi) is 3.96. The topological polar surface area (TPSA) is 40.5 Å². The second-order valence-electron chi connectivity index (χ2n) is 5.59. The van der Waals surface area contributed by atoms with Gasteiger partial charge in [-0.25, -0.2) is 0 Å². The molecule has 1 aliphatic rings. The molecular weight excluding hydrogens is 188 g/mol. The monoisotopic (exact) mass is 212 g/mol. The molecule has 0 heterocycles. The molecule has 2 nitrogen and oxygen atoms in total. The Morgan fingerprint density at radius 1 is 1.47 bits per heavy atom. The normalized spacial score (nSPS) is 28.0. The highest BCUT2D eigenvalue weighted by atomic mass is 16.3. The van der Waals surface area contributed by atoms with Gasteiger partial charge < -0.3 is 10.2 Å². The average Bonchev–Trinajstić information content (AvgIpc) is 1.98. The maximum Gasteiger partial charge on any atom is 0.0585 e. The second-order valence-corrected chi connectivity index (χ2v) is 5.59. The number of rotatable bonds is 3. The van der Waals surface area contributed by atoms with Gasteiger partial charge in [0, 0.05) is 0 Å². The zero-order valence-corrected chi connectivity index (χ0v) is 10.4. The summed E-state index contributed by atoms with van der Waals surface area (Å²) in [6.07, 6.45) is 3.02. The number of hydrogen-bond acceptors (Lipinski definition) is 2. The van der Waals surface area contributed by atoms with Crippen LogP contribution in [0.2, 0.25) is 0 Å². The minimum Gasteiger partial charge on any atom is -0.393 e. The first-order chi connectivity index (χ1) is 6.83. The zero-order chi connectivity index (χ0) is 11.6. The van der Waals surface area contributed by atoms with E-state index in [-0.39, 0.29) is 17.6 Å². The molecule has 0 amide bonds. The maximum atomic E-state index is 9.73. The van der Waals surface area contributed by atoms with Gasteiger partial charge in [-0.2, -0.15) is 0 Å². The van der Waals surface area contributed by atoms with E-state index in [0.29, 0.717) is 0 Å². The third kappa shape index (κ3) is 3.32. The Balaban J connectivity index is 2.77. The predicted octanol–water partition coefficient (Wildman–Crippen LogP) is 2.64. The van der Waals surface area contributed by atoms with Crippen molar-refractivity contribution in [1.29, 1.82) is 0 Å². The van der Waals surface area contributed by atoms with Gasteiger partial charge in [-0.3, -0.25) is 0 Å². The highest BCUT2D eigenvalue weighted by Crippen LogP contribution is 2.42. The largest absolute Gasteiger partial charge is 0.393 e. The van der Waals surface area contributed by atoms with Gasteiger partial charge in [0.25, 0.3) is 0 Å². The summed E-state index contributed by atoms with van der Waals surface area (Å²) in [4.78, 5) is 0. The van der Waals surface area contributed by atoms with E-state index < -0.39 is 0 Å². The van der Waals surface area contributed by atoms with Gasteiger partial charge in [0.05, 0.1) is 12.2 Å². The van der Waals surface area contributed by atoms with E-state index in [1.807, 2.05) is 6.92 Å². The van der Waals surface area contributed by atoms with Crippen LogP contribution in [0.15, 0.2) is 11.1 Å². The summed E-state index contributed by atoms with van der Waals surface area (Å²) in [5.74, 6) is 0. The lowest BCUT2D eigenvalue weighted by Crippen LogP contribution is -2.29. The minimum atomic E-state index is -0.229. The molecule has 0 radical (unpaired) electrons. The fourth-order valence-electron chi connectivity index (χ4n) is 2.74. The number of aliphatic hydroxyl groups excluding tert-OH is 2. The van der Waals surface area contributed by atoms with Gasteiger partial charge in [0.1, 0.15) is 0 Å². The van der Waals surface area contributed by atoms with Gasteiger partial charge in [0.2, 0.25) is 0 Å². The lowest BCUT2D eigenvalue weighted by atomic mass is 9.70. The summed E-state index contributed by atoms with van der Waals surface area (Å²) in [6.45, 7) is 8.33. The van der Waals surface area contributed by atoms with Crippen molar-refractivity contribution in [3.05, 3.63) is 11.1 Å². The second kappa shape index (κ2) is 4.67. The minimum absolute atomic E-state index is 0.0939. The Bertz CT molecular complexity index is 251. The molecule has 15 heavy (non-hydrogen) atoms. The summed E-state index contributed by atoms with van der Waals surface area (Å²) >= 11 is 0. The van der Waals surface area contributed by atoms with Crippen LogP contribution in [-0.2, 0) is 0 Å². The molecule has 0 aromatic heterocycles. The Hall–Kier alpha value is -0.340. The van der Waals surface area contributed by atoms with Crippen molar-refractivity contribution >= 4 is 0 Å². The molecular formula is C13H24O2. The van der Waals surface area contributed by atoms with Crippen LogP contribution in [0, 0.1) is 5.41 Å². The van der Waals surface area contributed by atoms with Gasteiger partial charge >= 0.3 is 0 Å². The van der Waals surface area contributed by atoms with Gasteiger partial charge in [0.15, 0.2) is 0 Å². The van der Waals surface area contributed by atoms with Crippen LogP contribution in [0.3, 0.4) is 0 Å². The highest BCUT2D eigenvalue weighted by molar-refractivity contribution is 5.23. The molecule has 0 aliphatic heterocycles. The molecule has 2 heteroatoms. The van der Waals surface area contributed by atoms with Gasteiger partial charge in [-0.1, -0.05) is 25.0 Å². The molecule has 0 fully saturated rings. The summed E-state index contributed by atoms with van der Waals surface area (Å²) in [5.41, 5.74) is 2.85. The molecule has 0 saturated heterocycles. The summed E-state index contributed by atoms with van der Waals surface area (Å²) in [6, 6.07) is 0. The quantitative estimate of drug-likeness (QED) is 0.706. The van der Waals surface area contributed by atoms with Crippen molar-refractivity contribution in [3.8, 4) is 0 Å². The van der Waals surface area contributed by atoms with E-state index in [4.69, 9.17) is 0 Å². The van der Waals surface area contributed by atoms with Gasteiger partial charge in [-0.05, 0) is 44.9 Å². The molecule has 0 spiro atoms. The first-order valence-electron chi connectivity index (χ1n) is 5.88. The van der Waals surface area contributed by atoms with E-state index >= 15 is 0 Å². The van der Waals surface area contributed by atoms with Crippen LogP contribution in [0.5, 0.6) is 0 Å². The Morgan fingerprint density at radius 3 is 2.53 bits per heavy atom. The molecule has 1 rings (SSSR count). The maximum absolute atomic E-state index is 9.73. The van der Waals surface area contributed by atoms with Crippen molar-refractivity contribution in [2.75, 3.05) is 0 Å². The van der Waals surface area contributed by atoms with E-state index in [2.05, 4.69) is 20.8 Å². The van der Waals surface area contributed by atoms with E-state index in [1.165, 1.54) is 11.1 Å². The van der Waals surface area contributed by atoms with Crippen molar-refractivity contribution in [3.63, 3.8) is 0 Å². The molecule has 0 aromatic carbocycles. The zero-order valence-electron chi connectivity index (χ0n) is 10.4. The summed E-state index contributed by atoms with van der Waals surface area (Å²) in [5, 5.41) is 19.0. The molecule has 88 valence electrons. The van der Waals surface area contributed by atoms with Crippen LogP contribution in [0.1, 0.15) is 53.4 Å². The molecule has 0 saturated carbocycles. The van der Waals surface area contributed by atoms with Crippen LogP contribution in [-0.4, -0.2) is 22.4 Å².